The van der Waals surface area contributed by atoms with E-state index in [0.717, 1.165) is 32.3 Å². The molecule has 2 heterocycles. The molecule has 1 atom stereocenters. The van der Waals surface area contributed by atoms with Gasteiger partial charge in [0, 0.05) is 18.0 Å². The van der Waals surface area contributed by atoms with E-state index in [4.69, 9.17) is 9.47 Å². The second-order valence-electron chi connectivity index (χ2n) is 5.78. The first-order chi connectivity index (χ1) is 10.7. The Labute approximate surface area is 134 Å². The van der Waals surface area contributed by atoms with Gasteiger partial charge in [0.25, 0.3) is 5.91 Å². The molecular weight excluding hydrogens is 302 g/mol. The number of carbonyl (C=O) groups is 2. The number of hydrogen-bond donors (Lipinski definition) is 1. The van der Waals surface area contributed by atoms with Crippen LogP contribution in [0.4, 0.5) is 0 Å². The first-order valence-corrected chi connectivity index (χ1v) is 8.71. The Balaban J connectivity index is 1.43. The molecule has 2 aliphatic rings. The van der Waals surface area contributed by atoms with E-state index in [1.54, 1.807) is 0 Å². The fourth-order valence-corrected chi connectivity index (χ4v) is 4.02. The normalized spacial score (nSPS) is 20.5. The molecule has 0 radical (unpaired) electrons. The van der Waals surface area contributed by atoms with E-state index in [0.29, 0.717) is 11.4 Å². The number of esters is 1. The highest BCUT2D eigenvalue weighted by Crippen LogP contribution is 2.29. The summed E-state index contributed by atoms with van der Waals surface area (Å²) in [5.74, 6) is -0.670. The predicted octanol–water partition coefficient (Wildman–Crippen LogP) is 2.08. The van der Waals surface area contributed by atoms with Gasteiger partial charge in [-0.3, -0.25) is 4.79 Å². The van der Waals surface area contributed by atoms with Gasteiger partial charge in [-0.2, -0.15) is 0 Å². The molecule has 1 unspecified atom stereocenters. The lowest BCUT2D eigenvalue weighted by atomic mass is 9.99. The number of amides is 1. The predicted molar refractivity (Wildman–Crippen MR) is 83.2 cm³/mol. The first-order valence-electron chi connectivity index (χ1n) is 7.89. The smallest absolute Gasteiger partial charge is 0.348 e. The van der Waals surface area contributed by atoms with E-state index >= 15 is 0 Å². The molecular formula is C16H21NO4S. The molecule has 6 heteroatoms. The molecule has 1 saturated heterocycles. The Morgan fingerprint density at radius 2 is 2.18 bits per heavy atom. The zero-order valence-corrected chi connectivity index (χ0v) is 13.4. The van der Waals surface area contributed by atoms with Gasteiger partial charge in [-0.1, -0.05) is 0 Å². The van der Waals surface area contributed by atoms with Gasteiger partial charge in [0.05, 0.1) is 6.10 Å². The molecule has 0 bridgehead atoms. The molecule has 120 valence electrons. The highest BCUT2D eigenvalue weighted by molar-refractivity contribution is 7.14. The van der Waals surface area contributed by atoms with Crippen LogP contribution in [0.2, 0.25) is 0 Å². The summed E-state index contributed by atoms with van der Waals surface area (Å²) in [6, 6.07) is 1.92. The summed E-state index contributed by atoms with van der Waals surface area (Å²) >= 11 is 1.50. The van der Waals surface area contributed by atoms with Gasteiger partial charge in [0.2, 0.25) is 0 Å². The van der Waals surface area contributed by atoms with Gasteiger partial charge in [-0.25, -0.2) is 4.79 Å². The summed E-state index contributed by atoms with van der Waals surface area (Å²) in [5.41, 5.74) is 1.27. The van der Waals surface area contributed by atoms with E-state index in [1.165, 1.54) is 34.6 Å². The summed E-state index contributed by atoms with van der Waals surface area (Å²) in [7, 11) is 0. The molecule has 5 nitrogen and oxygen atoms in total. The van der Waals surface area contributed by atoms with Crippen LogP contribution in [0.5, 0.6) is 0 Å². The minimum atomic E-state index is -0.397. The third kappa shape index (κ3) is 3.87. The van der Waals surface area contributed by atoms with E-state index in [9.17, 15) is 9.59 Å². The van der Waals surface area contributed by atoms with Crippen molar-refractivity contribution in [2.24, 2.45) is 0 Å². The van der Waals surface area contributed by atoms with Gasteiger partial charge in [0.1, 0.15) is 4.88 Å². The third-order valence-electron chi connectivity index (χ3n) is 4.08. The molecule has 0 saturated carbocycles. The highest BCUT2D eigenvalue weighted by Gasteiger charge is 2.20. The van der Waals surface area contributed by atoms with Crippen LogP contribution in [0.15, 0.2) is 6.07 Å². The average molecular weight is 323 g/mol. The van der Waals surface area contributed by atoms with Crippen LogP contribution < -0.4 is 5.32 Å². The van der Waals surface area contributed by atoms with Crippen molar-refractivity contribution in [3.63, 3.8) is 0 Å². The van der Waals surface area contributed by atoms with Gasteiger partial charge in [-0.05, 0) is 50.2 Å². The molecule has 3 rings (SSSR count). The molecule has 22 heavy (non-hydrogen) atoms. The van der Waals surface area contributed by atoms with Crippen molar-refractivity contribution in [2.75, 3.05) is 19.8 Å². The standard InChI is InChI=1S/C16H21NO4S/c18-15(17-9-12-5-3-7-20-12)10-21-16(19)14-8-11-4-1-2-6-13(11)22-14/h8,12H,1-7,9-10H2,(H,17,18). The Hall–Kier alpha value is -1.40. The van der Waals surface area contributed by atoms with Crippen molar-refractivity contribution in [3.05, 3.63) is 21.4 Å². The molecule has 1 aliphatic heterocycles. The van der Waals surface area contributed by atoms with Crippen LogP contribution in [0.25, 0.3) is 0 Å². The van der Waals surface area contributed by atoms with Gasteiger partial charge in [-0.15, -0.1) is 11.3 Å². The second kappa shape index (κ2) is 7.24. The van der Waals surface area contributed by atoms with Crippen LogP contribution in [0.1, 0.15) is 45.8 Å². The van der Waals surface area contributed by atoms with Crippen molar-refractivity contribution in [1.29, 1.82) is 0 Å². The van der Waals surface area contributed by atoms with E-state index < -0.39 is 5.97 Å². The molecule has 1 aromatic heterocycles. The maximum Gasteiger partial charge on any atom is 0.348 e. The van der Waals surface area contributed by atoms with E-state index in [2.05, 4.69) is 5.32 Å². The van der Waals surface area contributed by atoms with Gasteiger partial charge in [0.15, 0.2) is 6.61 Å². The minimum absolute atomic E-state index is 0.101. The maximum atomic E-state index is 12.0. The monoisotopic (exact) mass is 323 g/mol. The number of aryl methyl sites for hydroxylation is 2. The fourth-order valence-electron chi connectivity index (χ4n) is 2.88. The Kier molecular flexibility index (Phi) is 5.10. The Morgan fingerprint density at radius 1 is 1.32 bits per heavy atom. The Bertz CT molecular complexity index is 525. The fraction of sp³-hybridized carbons (Fsp3) is 0.625. The molecule has 0 aromatic carbocycles. The second-order valence-corrected chi connectivity index (χ2v) is 6.92. The number of carbonyl (C=O) groups excluding carboxylic acids is 2. The summed E-state index contributed by atoms with van der Waals surface area (Å²) in [5, 5.41) is 2.74. The Morgan fingerprint density at radius 3 is 2.95 bits per heavy atom. The quantitative estimate of drug-likeness (QED) is 0.843. The lowest BCUT2D eigenvalue weighted by Gasteiger charge is -2.10. The zero-order valence-electron chi connectivity index (χ0n) is 12.6. The minimum Gasteiger partial charge on any atom is -0.451 e. The van der Waals surface area contributed by atoms with Crippen LogP contribution in [0, 0.1) is 0 Å². The van der Waals surface area contributed by atoms with Crippen molar-refractivity contribution in [3.8, 4) is 0 Å². The first kappa shape index (κ1) is 15.5. The van der Waals surface area contributed by atoms with Crippen LogP contribution in [0.3, 0.4) is 0 Å². The van der Waals surface area contributed by atoms with Crippen molar-refractivity contribution in [1.82, 2.24) is 5.32 Å². The lowest BCUT2D eigenvalue weighted by Crippen LogP contribution is -2.34. The summed E-state index contributed by atoms with van der Waals surface area (Å²) in [6.07, 6.45) is 6.58. The number of rotatable bonds is 5. The summed E-state index contributed by atoms with van der Waals surface area (Å²) in [6.45, 7) is 1.02. The molecule has 1 aliphatic carbocycles. The molecule has 1 aromatic rings. The number of fused-ring (bicyclic) bond motifs is 1. The SMILES string of the molecule is O=C(COC(=O)c1cc2c(s1)CCCC2)NCC1CCCO1. The highest BCUT2D eigenvalue weighted by atomic mass is 32.1. The zero-order chi connectivity index (χ0) is 15.4. The van der Waals surface area contributed by atoms with Crippen LogP contribution in [-0.4, -0.2) is 37.7 Å². The number of ether oxygens (including phenoxy) is 2. The van der Waals surface area contributed by atoms with Crippen molar-refractivity contribution >= 4 is 23.2 Å². The molecule has 0 spiro atoms. The number of thiophene rings is 1. The molecule has 1 N–H and O–H groups in total. The van der Waals surface area contributed by atoms with E-state index in [1.807, 2.05) is 6.07 Å². The van der Waals surface area contributed by atoms with Crippen LogP contribution in [-0.2, 0) is 27.1 Å². The van der Waals surface area contributed by atoms with Crippen LogP contribution >= 0.6 is 11.3 Å². The molecule has 1 amide bonds. The summed E-state index contributed by atoms with van der Waals surface area (Å²) < 4.78 is 10.5. The van der Waals surface area contributed by atoms with E-state index in [-0.39, 0.29) is 18.6 Å². The van der Waals surface area contributed by atoms with Gasteiger partial charge < -0.3 is 14.8 Å². The number of nitrogens with one attached hydrogen (secondary N) is 1. The average Bonchev–Trinajstić information content (AvgIpc) is 3.19. The third-order valence-corrected chi connectivity index (χ3v) is 5.30. The number of hydrogen-bond acceptors (Lipinski definition) is 5. The van der Waals surface area contributed by atoms with Gasteiger partial charge >= 0.3 is 5.97 Å². The maximum absolute atomic E-state index is 12.0. The largest absolute Gasteiger partial charge is 0.451 e. The van der Waals surface area contributed by atoms with Crippen molar-refractivity contribution < 1.29 is 19.1 Å². The lowest BCUT2D eigenvalue weighted by molar-refractivity contribution is -0.124. The topological polar surface area (TPSA) is 64.6 Å². The molecule has 1 fully saturated rings. The van der Waals surface area contributed by atoms with Crippen molar-refractivity contribution in [2.45, 2.75) is 44.6 Å². The summed E-state index contributed by atoms with van der Waals surface area (Å²) in [4.78, 5) is 25.6.